The lowest BCUT2D eigenvalue weighted by Gasteiger charge is -2.29. The fourth-order valence-corrected chi connectivity index (χ4v) is 4.25. The molecule has 1 aromatic carbocycles. The molecule has 1 fully saturated rings. The van der Waals surface area contributed by atoms with Crippen molar-refractivity contribution in [3.8, 4) is 11.5 Å². The minimum absolute atomic E-state index is 0.0728. The number of carbonyl (C=O) groups excluding carboxylic acids is 1. The molecular formula is C26H36N2O5. The number of amides is 1. The number of hydrogen-bond donors (Lipinski definition) is 2. The summed E-state index contributed by atoms with van der Waals surface area (Å²) in [6, 6.07) is 7.20. The highest BCUT2D eigenvalue weighted by Gasteiger charge is 2.32. The van der Waals surface area contributed by atoms with Crippen molar-refractivity contribution < 1.29 is 23.8 Å². The number of nitrogens with one attached hydrogen (secondary N) is 1. The number of nitrogens with zero attached hydrogens (tertiary/aromatic N) is 1. The highest BCUT2D eigenvalue weighted by atomic mass is 16.5. The summed E-state index contributed by atoms with van der Waals surface area (Å²) >= 11 is 0. The van der Waals surface area contributed by atoms with Gasteiger partial charge in [0, 0.05) is 17.4 Å². The normalized spacial score (nSPS) is 19.6. The number of carboxylic acids is 1. The van der Waals surface area contributed by atoms with Crippen LogP contribution in [0, 0.1) is 18.8 Å². The largest absolute Gasteiger partial charge is 0.480 e. The van der Waals surface area contributed by atoms with Crippen LogP contribution >= 0.6 is 0 Å². The highest BCUT2D eigenvalue weighted by Crippen LogP contribution is 2.31. The lowest BCUT2D eigenvalue weighted by atomic mass is 9.86. The zero-order valence-corrected chi connectivity index (χ0v) is 20.3. The van der Waals surface area contributed by atoms with Crippen LogP contribution in [0.3, 0.4) is 0 Å². The van der Waals surface area contributed by atoms with Gasteiger partial charge >= 0.3 is 5.97 Å². The van der Waals surface area contributed by atoms with E-state index in [1.54, 1.807) is 13.8 Å². The lowest BCUT2D eigenvalue weighted by molar-refractivity contribution is -0.144. The lowest BCUT2D eigenvalue weighted by Crippen LogP contribution is -2.47. The quantitative estimate of drug-likeness (QED) is 0.546. The van der Waals surface area contributed by atoms with Crippen LogP contribution in [0.25, 0.3) is 11.5 Å². The minimum atomic E-state index is -1.00. The van der Waals surface area contributed by atoms with Gasteiger partial charge in [0.15, 0.2) is 0 Å². The molecule has 0 aliphatic heterocycles. The number of carboxylic acid groups (broad SMARTS) is 1. The van der Waals surface area contributed by atoms with E-state index in [9.17, 15) is 14.7 Å². The number of aromatic nitrogens is 1. The second-order valence-corrected chi connectivity index (χ2v) is 9.72. The van der Waals surface area contributed by atoms with Crippen molar-refractivity contribution in [3.05, 3.63) is 41.3 Å². The molecule has 1 amide bonds. The van der Waals surface area contributed by atoms with Crippen molar-refractivity contribution in [2.24, 2.45) is 11.8 Å². The summed E-state index contributed by atoms with van der Waals surface area (Å²) < 4.78 is 12.3. The van der Waals surface area contributed by atoms with E-state index in [0.29, 0.717) is 18.9 Å². The van der Waals surface area contributed by atoms with E-state index in [4.69, 9.17) is 14.1 Å². The van der Waals surface area contributed by atoms with Gasteiger partial charge < -0.3 is 19.6 Å². The number of aryl methyl sites for hydroxylation is 1. The molecule has 0 unspecified atom stereocenters. The fraction of sp³-hybridized carbons (Fsp3) is 0.577. The molecule has 1 aromatic heterocycles. The predicted molar refractivity (Wildman–Crippen MR) is 126 cm³/mol. The molecule has 1 heterocycles. The zero-order chi connectivity index (χ0) is 24.1. The van der Waals surface area contributed by atoms with Crippen LogP contribution < -0.4 is 5.32 Å². The molecule has 180 valence electrons. The van der Waals surface area contributed by atoms with Crippen LogP contribution in [0.1, 0.15) is 76.3 Å². The standard InChI is InChI=1S/C26H36N2O5/c1-15(2)22(26(30)31)28-24(29)19-7-6-8-20(13-19)32-14-21-23(16(3)4)33-25(27-21)18-11-9-17(5)10-12-18/h9-12,15-16,19-20,22H,6-8,13-14H2,1-5H3,(H,28,29)(H,30,31)/t19-,20+,22-/m0/s1. The Morgan fingerprint density at radius 2 is 1.88 bits per heavy atom. The van der Waals surface area contributed by atoms with Gasteiger partial charge in [-0.3, -0.25) is 4.79 Å². The molecule has 0 saturated heterocycles. The molecule has 7 heteroatoms. The van der Waals surface area contributed by atoms with E-state index in [1.165, 1.54) is 5.56 Å². The van der Waals surface area contributed by atoms with Gasteiger partial charge in [-0.15, -0.1) is 0 Å². The van der Waals surface area contributed by atoms with E-state index in [1.807, 2.05) is 31.2 Å². The molecular weight excluding hydrogens is 420 g/mol. The number of aliphatic carboxylic acids is 1. The molecule has 0 spiro atoms. The van der Waals surface area contributed by atoms with Gasteiger partial charge in [0.25, 0.3) is 0 Å². The average molecular weight is 457 g/mol. The fourth-order valence-electron chi connectivity index (χ4n) is 4.25. The van der Waals surface area contributed by atoms with Gasteiger partial charge in [0.2, 0.25) is 11.8 Å². The van der Waals surface area contributed by atoms with Crippen LogP contribution in [0.15, 0.2) is 28.7 Å². The van der Waals surface area contributed by atoms with Crippen LogP contribution in [0.4, 0.5) is 0 Å². The summed E-state index contributed by atoms with van der Waals surface area (Å²) in [5, 5.41) is 12.1. The minimum Gasteiger partial charge on any atom is -0.480 e. The van der Waals surface area contributed by atoms with Crippen LogP contribution in [0.2, 0.25) is 0 Å². The Kier molecular flexibility index (Phi) is 8.30. The Morgan fingerprint density at radius 3 is 2.48 bits per heavy atom. The maximum Gasteiger partial charge on any atom is 0.326 e. The van der Waals surface area contributed by atoms with E-state index < -0.39 is 12.0 Å². The van der Waals surface area contributed by atoms with Gasteiger partial charge in [-0.05, 0) is 44.2 Å². The molecule has 33 heavy (non-hydrogen) atoms. The van der Waals surface area contributed by atoms with Crippen molar-refractivity contribution >= 4 is 11.9 Å². The predicted octanol–water partition coefficient (Wildman–Crippen LogP) is 5.07. The second kappa shape index (κ2) is 11.0. The summed E-state index contributed by atoms with van der Waals surface area (Å²) in [5.41, 5.74) is 2.90. The number of hydrogen-bond acceptors (Lipinski definition) is 5. The molecule has 3 rings (SSSR count). The number of benzene rings is 1. The molecule has 1 aliphatic rings. The SMILES string of the molecule is Cc1ccc(-c2nc(CO[C@@H]3CCC[C@H](C(=O)N[C@H](C(=O)O)C(C)C)C3)c(C(C)C)o2)cc1. The Hall–Kier alpha value is -2.67. The number of rotatable bonds is 9. The van der Waals surface area contributed by atoms with E-state index >= 15 is 0 Å². The number of carbonyl (C=O) groups is 2. The maximum absolute atomic E-state index is 12.7. The Morgan fingerprint density at radius 1 is 1.18 bits per heavy atom. The first-order valence-corrected chi connectivity index (χ1v) is 11.9. The topological polar surface area (TPSA) is 102 Å². The van der Waals surface area contributed by atoms with Crippen LogP contribution in [-0.4, -0.2) is 34.1 Å². The third-order valence-electron chi connectivity index (χ3n) is 6.23. The molecule has 1 aliphatic carbocycles. The number of oxazole rings is 1. The zero-order valence-electron chi connectivity index (χ0n) is 20.3. The molecule has 0 bridgehead atoms. The van der Waals surface area contributed by atoms with E-state index in [-0.39, 0.29) is 29.8 Å². The molecule has 3 atom stereocenters. The Balaban J connectivity index is 1.64. The summed E-state index contributed by atoms with van der Waals surface area (Å²) in [5.74, 6) is -0.0394. The average Bonchev–Trinajstić information content (AvgIpc) is 3.20. The summed E-state index contributed by atoms with van der Waals surface area (Å²) in [6.45, 7) is 10.1. The van der Waals surface area contributed by atoms with E-state index in [0.717, 1.165) is 36.3 Å². The monoisotopic (exact) mass is 456 g/mol. The molecule has 7 nitrogen and oxygen atoms in total. The van der Waals surface area contributed by atoms with Gasteiger partial charge in [0.1, 0.15) is 17.5 Å². The van der Waals surface area contributed by atoms with Crippen molar-refractivity contribution in [2.75, 3.05) is 0 Å². The first-order valence-electron chi connectivity index (χ1n) is 11.9. The first-order chi connectivity index (χ1) is 15.7. The Bertz CT molecular complexity index is 948. The summed E-state index contributed by atoms with van der Waals surface area (Å²) in [6.07, 6.45) is 2.99. The molecule has 2 N–H and O–H groups in total. The van der Waals surface area contributed by atoms with Crippen LogP contribution in [0.5, 0.6) is 0 Å². The van der Waals surface area contributed by atoms with Gasteiger partial charge in [-0.25, -0.2) is 9.78 Å². The molecule has 1 saturated carbocycles. The Labute approximate surface area is 195 Å². The van der Waals surface area contributed by atoms with Crippen molar-refractivity contribution in [3.63, 3.8) is 0 Å². The van der Waals surface area contributed by atoms with Gasteiger partial charge in [0.05, 0.1) is 12.7 Å². The summed E-state index contributed by atoms with van der Waals surface area (Å²) in [4.78, 5) is 28.9. The molecule has 0 radical (unpaired) electrons. The number of ether oxygens (including phenoxy) is 1. The van der Waals surface area contributed by atoms with Crippen molar-refractivity contribution in [1.29, 1.82) is 0 Å². The smallest absolute Gasteiger partial charge is 0.326 e. The highest BCUT2D eigenvalue weighted by molar-refractivity contribution is 5.85. The third-order valence-corrected chi connectivity index (χ3v) is 6.23. The van der Waals surface area contributed by atoms with Gasteiger partial charge in [-0.2, -0.15) is 0 Å². The third kappa shape index (κ3) is 6.44. The first kappa shape index (κ1) is 25.0. The van der Waals surface area contributed by atoms with Crippen molar-refractivity contribution in [1.82, 2.24) is 10.3 Å². The maximum atomic E-state index is 12.7. The van der Waals surface area contributed by atoms with Gasteiger partial charge in [-0.1, -0.05) is 51.8 Å². The molecule has 2 aromatic rings. The summed E-state index contributed by atoms with van der Waals surface area (Å²) in [7, 11) is 0. The van der Waals surface area contributed by atoms with Crippen LogP contribution in [-0.2, 0) is 20.9 Å². The van der Waals surface area contributed by atoms with Crippen molar-refractivity contribution in [2.45, 2.75) is 85.0 Å². The second-order valence-electron chi connectivity index (χ2n) is 9.72. The van der Waals surface area contributed by atoms with E-state index in [2.05, 4.69) is 19.2 Å².